The van der Waals surface area contributed by atoms with Crippen LogP contribution in [-0.2, 0) is 4.79 Å². The van der Waals surface area contributed by atoms with E-state index in [4.69, 9.17) is 28.3 Å². The van der Waals surface area contributed by atoms with Gasteiger partial charge in [0.2, 0.25) is 0 Å². The second-order valence-corrected chi connectivity index (χ2v) is 4.40. The van der Waals surface area contributed by atoms with E-state index in [2.05, 4.69) is 4.98 Å². The number of carboxylic acids is 1. The van der Waals surface area contributed by atoms with E-state index in [0.29, 0.717) is 6.42 Å². The molecule has 0 aliphatic rings. The Morgan fingerprint density at radius 2 is 2.06 bits per heavy atom. The number of hydrogen-bond acceptors (Lipinski definition) is 3. The summed E-state index contributed by atoms with van der Waals surface area (Å²) in [7, 11) is 1.41. The summed E-state index contributed by atoms with van der Waals surface area (Å²) in [5.41, 5.74) is 0.128. The molecule has 7 heteroatoms. The Bertz CT molecular complexity index is 479. The lowest BCUT2D eigenvalue weighted by Crippen LogP contribution is -2.42. The standard InChI is InChI=1S/C11H12Cl2N2O3/c1-3-7(11(17)18)15(2)10(16)6-4-5-8(12)14-9(6)13/h4-5,7H,3H2,1-2H3,(H,17,18). The molecule has 0 saturated heterocycles. The third-order valence-corrected chi connectivity index (χ3v) is 3.00. The minimum absolute atomic E-state index is 0.0420. The molecule has 5 nitrogen and oxygen atoms in total. The molecular formula is C11H12Cl2N2O3. The number of aliphatic carboxylic acids is 1. The molecule has 1 heterocycles. The molecule has 0 bridgehead atoms. The monoisotopic (exact) mass is 290 g/mol. The number of nitrogens with zero attached hydrogens (tertiary/aromatic N) is 2. The van der Waals surface area contributed by atoms with E-state index in [9.17, 15) is 9.59 Å². The highest BCUT2D eigenvalue weighted by Gasteiger charge is 2.27. The van der Waals surface area contributed by atoms with Crippen LogP contribution in [0.4, 0.5) is 0 Å². The third-order valence-electron chi connectivity index (χ3n) is 2.50. The maximum absolute atomic E-state index is 12.1. The van der Waals surface area contributed by atoms with Crippen LogP contribution >= 0.6 is 23.2 Å². The molecule has 1 rings (SSSR count). The van der Waals surface area contributed by atoms with E-state index in [1.165, 1.54) is 19.2 Å². The first-order chi connectivity index (χ1) is 8.38. The summed E-state index contributed by atoms with van der Waals surface area (Å²) in [6.07, 6.45) is 0.302. The summed E-state index contributed by atoms with van der Waals surface area (Å²) in [6.45, 7) is 1.68. The van der Waals surface area contributed by atoms with Gasteiger partial charge in [0.25, 0.3) is 5.91 Å². The molecule has 0 aliphatic carbocycles. The fourth-order valence-electron chi connectivity index (χ4n) is 1.52. The van der Waals surface area contributed by atoms with Crippen LogP contribution in [0.25, 0.3) is 0 Å². The maximum Gasteiger partial charge on any atom is 0.326 e. The molecule has 1 unspecified atom stereocenters. The fraction of sp³-hybridized carbons (Fsp3) is 0.364. The molecule has 1 aromatic heterocycles. The molecular weight excluding hydrogens is 279 g/mol. The lowest BCUT2D eigenvalue weighted by Gasteiger charge is -2.23. The zero-order valence-electron chi connectivity index (χ0n) is 9.85. The zero-order chi connectivity index (χ0) is 13.9. The molecule has 0 fully saturated rings. The van der Waals surface area contributed by atoms with E-state index in [1.807, 2.05) is 0 Å². The molecule has 1 aromatic rings. The number of pyridine rings is 1. The van der Waals surface area contributed by atoms with Crippen LogP contribution in [-0.4, -0.2) is 40.0 Å². The summed E-state index contributed by atoms with van der Waals surface area (Å²) in [5, 5.41) is 9.12. The normalized spacial score (nSPS) is 12.0. The number of aromatic nitrogens is 1. The van der Waals surface area contributed by atoms with Gasteiger partial charge in [-0.05, 0) is 18.6 Å². The van der Waals surface area contributed by atoms with Gasteiger partial charge in [-0.3, -0.25) is 4.79 Å². The van der Waals surface area contributed by atoms with Crippen LogP contribution in [0.5, 0.6) is 0 Å². The van der Waals surface area contributed by atoms with Gasteiger partial charge in [-0.25, -0.2) is 9.78 Å². The highest BCUT2D eigenvalue weighted by molar-refractivity contribution is 6.34. The molecule has 1 N–H and O–H groups in total. The number of likely N-dealkylation sites (N-methyl/N-ethyl adjacent to an activating group) is 1. The number of carbonyl (C=O) groups is 2. The molecule has 0 radical (unpaired) electrons. The molecule has 1 atom stereocenters. The average molecular weight is 291 g/mol. The van der Waals surface area contributed by atoms with Gasteiger partial charge < -0.3 is 10.0 Å². The number of rotatable bonds is 4. The van der Waals surface area contributed by atoms with Crippen LogP contribution in [0.15, 0.2) is 12.1 Å². The maximum atomic E-state index is 12.1. The van der Waals surface area contributed by atoms with E-state index >= 15 is 0 Å². The fourth-order valence-corrected chi connectivity index (χ4v) is 1.94. The minimum Gasteiger partial charge on any atom is -0.480 e. The Kier molecular flexibility index (Phi) is 4.93. The van der Waals surface area contributed by atoms with E-state index in [-0.39, 0.29) is 15.9 Å². The van der Waals surface area contributed by atoms with Crippen molar-refractivity contribution in [2.24, 2.45) is 0 Å². The first-order valence-corrected chi connectivity index (χ1v) is 5.96. The molecule has 0 spiro atoms. The highest BCUT2D eigenvalue weighted by Crippen LogP contribution is 2.19. The molecule has 98 valence electrons. The van der Waals surface area contributed by atoms with Crippen molar-refractivity contribution in [3.8, 4) is 0 Å². The van der Waals surface area contributed by atoms with Crippen molar-refractivity contribution in [1.29, 1.82) is 0 Å². The van der Waals surface area contributed by atoms with Gasteiger partial charge in [0.1, 0.15) is 16.3 Å². The van der Waals surface area contributed by atoms with Crippen molar-refractivity contribution in [2.75, 3.05) is 7.05 Å². The Morgan fingerprint density at radius 3 is 2.50 bits per heavy atom. The first kappa shape index (κ1) is 14.7. The van der Waals surface area contributed by atoms with Crippen LogP contribution in [0.3, 0.4) is 0 Å². The Hall–Kier alpha value is -1.33. The summed E-state index contributed by atoms with van der Waals surface area (Å²) < 4.78 is 0. The lowest BCUT2D eigenvalue weighted by atomic mass is 10.1. The SMILES string of the molecule is CCC(C(=O)O)N(C)C(=O)c1ccc(Cl)nc1Cl. The summed E-state index contributed by atoms with van der Waals surface area (Å²) in [5.74, 6) is -1.56. The second kappa shape index (κ2) is 6.02. The summed E-state index contributed by atoms with van der Waals surface area (Å²) in [4.78, 5) is 27.9. The van der Waals surface area contributed by atoms with Gasteiger partial charge in [-0.1, -0.05) is 30.1 Å². The van der Waals surface area contributed by atoms with Gasteiger partial charge >= 0.3 is 5.97 Å². The van der Waals surface area contributed by atoms with Crippen molar-refractivity contribution in [3.63, 3.8) is 0 Å². The largest absolute Gasteiger partial charge is 0.480 e. The first-order valence-electron chi connectivity index (χ1n) is 5.20. The summed E-state index contributed by atoms with van der Waals surface area (Å²) >= 11 is 11.4. The van der Waals surface area contributed by atoms with Crippen molar-refractivity contribution in [3.05, 3.63) is 28.0 Å². The number of halogens is 2. The smallest absolute Gasteiger partial charge is 0.326 e. The molecule has 18 heavy (non-hydrogen) atoms. The average Bonchev–Trinajstić information content (AvgIpc) is 2.28. The third kappa shape index (κ3) is 3.11. The number of hydrogen-bond donors (Lipinski definition) is 1. The Morgan fingerprint density at radius 1 is 1.44 bits per heavy atom. The number of carboxylic acid groups (broad SMARTS) is 1. The molecule has 1 amide bonds. The predicted molar refractivity (Wildman–Crippen MR) is 68.1 cm³/mol. The van der Waals surface area contributed by atoms with Crippen molar-refractivity contribution < 1.29 is 14.7 Å². The number of amides is 1. The molecule has 0 aliphatic heterocycles. The quantitative estimate of drug-likeness (QED) is 0.864. The van der Waals surface area contributed by atoms with Gasteiger partial charge in [-0.15, -0.1) is 0 Å². The van der Waals surface area contributed by atoms with Gasteiger partial charge in [-0.2, -0.15) is 0 Å². The number of carbonyl (C=O) groups excluding carboxylic acids is 1. The molecule has 0 saturated carbocycles. The van der Waals surface area contributed by atoms with E-state index in [1.54, 1.807) is 6.92 Å². The second-order valence-electron chi connectivity index (χ2n) is 3.65. The molecule has 0 aromatic carbocycles. The van der Waals surface area contributed by atoms with Crippen molar-refractivity contribution >= 4 is 35.1 Å². The van der Waals surface area contributed by atoms with Crippen LogP contribution in [0.2, 0.25) is 10.3 Å². The van der Waals surface area contributed by atoms with Gasteiger partial charge in [0, 0.05) is 7.05 Å². The van der Waals surface area contributed by atoms with E-state index < -0.39 is 17.9 Å². The minimum atomic E-state index is -1.06. The van der Waals surface area contributed by atoms with Crippen LogP contribution in [0, 0.1) is 0 Å². The summed E-state index contributed by atoms with van der Waals surface area (Å²) in [6, 6.07) is 1.95. The van der Waals surface area contributed by atoms with Crippen LogP contribution in [0.1, 0.15) is 23.7 Å². The topological polar surface area (TPSA) is 70.5 Å². The van der Waals surface area contributed by atoms with Crippen molar-refractivity contribution in [1.82, 2.24) is 9.88 Å². The highest BCUT2D eigenvalue weighted by atomic mass is 35.5. The lowest BCUT2D eigenvalue weighted by molar-refractivity contribution is -0.142. The van der Waals surface area contributed by atoms with Crippen molar-refractivity contribution in [2.45, 2.75) is 19.4 Å². The Balaban J connectivity index is 3.02. The zero-order valence-corrected chi connectivity index (χ0v) is 11.4. The van der Waals surface area contributed by atoms with Gasteiger partial charge in [0.15, 0.2) is 0 Å². The Labute approximate surface area is 114 Å². The van der Waals surface area contributed by atoms with Gasteiger partial charge in [0.05, 0.1) is 5.56 Å². The predicted octanol–water partition coefficient (Wildman–Crippen LogP) is 2.32. The van der Waals surface area contributed by atoms with Crippen LogP contribution < -0.4 is 0 Å². The van der Waals surface area contributed by atoms with E-state index in [0.717, 1.165) is 4.90 Å².